The van der Waals surface area contributed by atoms with Crippen LogP contribution in [0, 0.1) is 0 Å². The molecule has 2 amide bonds. The van der Waals surface area contributed by atoms with E-state index in [2.05, 4.69) is 9.71 Å². The molecule has 30 heavy (non-hydrogen) atoms. The lowest BCUT2D eigenvalue weighted by atomic mass is 10.2. The van der Waals surface area contributed by atoms with Gasteiger partial charge in [-0.1, -0.05) is 49.0 Å². The van der Waals surface area contributed by atoms with Crippen LogP contribution in [0.1, 0.15) is 25.8 Å². The summed E-state index contributed by atoms with van der Waals surface area (Å²) >= 11 is 1.01. The zero-order valence-electron chi connectivity index (χ0n) is 16.7. The van der Waals surface area contributed by atoms with Crippen molar-refractivity contribution in [3.05, 3.63) is 60.2 Å². The summed E-state index contributed by atoms with van der Waals surface area (Å²) in [6.45, 7) is 3.99. The summed E-state index contributed by atoms with van der Waals surface area (Å²) in [5.41, 5.74) is 1.66. The molecule has 0 aromatic heterocycles. The summed E-state index contributed by atoms with van der Waals surface area (Å²) < 4.78 is 29.3. The van der Waals surface area contributed by atoms with Crippen molar-refractivity contribution in [2.75, 3.05) is 11.9 Å². The molecule has 0 saturated carbocycles. The number of amidine groups is 1. The number of thioether (sulfide) groups is 1. The first kappa shape index (κ1) is 22.0. The zero-order valence-corrected chi connectivity index (χ0v) is 18.4. The minimum absolute atomic E-state index is 0.0703. The van der Waals surface area contributed by atoms with Gasteiger partial charge < -0.3 is 5.32 Å². The fraction of sp³-hybridized carbons (Fsp3) is 0.286. The lowest BCUT2D eigenvalue weighted by Crippen LogP contribution is -2.33. The van der Waals surface area contributed by atoms with E-state index in [-0.39, 0.29) is 34.8 Å². The van der Waals surface area contributed by atoms with Gasteiger partial charge in [-0.2, -0.15) is 8.42 Å². The van der Waals surface area contributed by atoms with E-state index < -0.39 is 15.3 Å². The third kappa shape index (κ3) is 5.09. The maximum Gasteiger partial charge on any atom is 0.284 e. The van der Waals surface area contributed by atoms with Gasteiger partial charge in [0.2, 0.25) is 11.8 Å². The molecular weight excluding hydrogens is 422 g/mol. The molecule has 2 aromatic rings. The average Bonchev–Trinajstić information content (AvgIpc) is 3.01. The Morgan fingerprint density at radius 1 is 1.10 bits per heavy atom. The topological polar surface area (TPSA) is 95.9 Å². The Morgan fingerprint density at radius 2 is 1.77 bits per heavy atom. The normalized spacial score (nSPS) is 18.1. The zero-order chi connectivity index (χ0) is 21.7. The molecule has 7 nitrogen and oxygen atoms in total. The van der Waals surface area contributed by atoms with Crippen molar-refractivity contribution in [2.45, 2.75) is 36.8 Å². The number of benzene rings is 2. The van der Waals surface area contributed by atoms with Crippen molar-refractivity contribution in [3.63, 3.8) is 0 Å². The molecule has 1 unspecified atom stereocenters. The average molecular weight is 446 g/mol. The lowest BCUT2D eigenvalue weighted by molar-refractivity contribution is -0.128. The molecule has 1 atom stereocenters. The first-order valence-electron chi connectivity index (χ1n) is 9.61. The number of hydrogen-bond donors (Lipinski definition) is 1. The largest absolute Gasteiger partial charge is 0.326 e. The van der Waals surface area contributed by atoms with Gasteiger partial charge in [0, 0.05) is 18.7 Å². The molecule has 9 heteroatoms. The van der Waals surface area contributed by atoms with E-state index >= 15 is 0 Å². The number of hydrogen-bond acceptors (Lipinski definition) is 5. The Morgan fingerprint density at radius 3 is 2.37 bits per heavy atom. The van der Waals surface area contributed by atoms with Gasteiger partial charge >= 0.3 is 0 Å². The number of carbonyl (C=O) groups excluding carboxylic acids is 2. The summed E-state index contributed by atoms with van der Waals surface area (Å²) in [5.74, 6) is -0.636. The number of aryl methyl sites for hydroxylation is 1. The van der Waals surface area contributed by atoms with E-state index in [1.165, 1.54) is 17.0 Å². The second-order valence-corrected chi connectivity index (χ2v) is 9.43. The summed E-state index contributed by atoms with van der Waals surface area (Å²) in [6.07, 6.45) is 0.731. The minimum Gasteiger partial charge on any atom is -0.326 e. The maximum absolute atomic E-state index is 12.7. The number of carbonyl (C=O) groups is 2. The van der Waals surface area contributed by atoms with Gasteiger partial charge in [-0.15, -0.1) is 4.40 Å². The fourth-order valence-electron chi connectivity index (χ4n) is 2.95. The van der Waals surface area contributed by atoms with Crippen LogP contribution in [-0.2, 0) is 26.0 Å². The number of sulfonamides is 1. The van der Waals surface area contributed by atoms with Crippen LogP contribution in [0.3, 0.4) is 0 Å². The van der Waals surface area contributed by atoms with Crippen LogP contribution in [0.5, 0.6) is 0 Å². The Labute approximate surface area is 180 Å². The molecule has 0 radical (unpaired) electrons. The standard InChI is InChI=1S/C21H23N3O4S2/c1-3-15-10-12-17(13-11-15)30(27,28)23-21-24(4-2)20(26)18(29-21)14-19(25)22-16-8-6-5-7-9-16/h5-13,18H,3-4,14H2,1-2H3,(H,22,25). The van der Waals surface area contributed by atoms with E-state index in [1.807, 2.05) is 13.0 Å². The Hall–Kier alpha value is -2.65. The molecule has 0 aliphatic carbocycles. The van der Waals surface area contributed by atoms with Crippen molar-refractivity contribution in [3.8, 4) is 0 Å². The number of amides is 2. The highest BCUT2D eigenvalue weighted by atomic mass is 32.2. The van der Waals surface area contributed by atoms with E-state index in [9.17, 15) is 18.0 Å². The van der Waals surface area contributed by atoms with Crippen molar-refractivity contribution in [1.82, 2.24) is 4.90 Å². The monoisotopic (exact) mass is 445 g/mol. The first-order valence-corrected chi connectivity index (χ1v) is 11.9. The predicted octanol–water partition coefficient (Wildman–Crippen LogP) is 3.29. The molecule has 3 rings (SSSR count). The number of anilines is 1. The van der Waals surface area contributed by atoms with Crippen molar-refractivity contribution in [2.24, 2.45) is 4.40 Å². The fourth-order valence-corrected chi connectivity index (χ4v) is 5.37. The smallest absolute Gasteiger partial charge is 0.284 e. The summed E-state index contributed by atoms with van der Waals surface area (Å²) in [6, 6.07) is 15.5. The highest BCUT2D eigenvalue weighted by Crippen LogP contribution is 2.31. The summed E-state index contributed by atoms with van der Waals surface area (Å²) in [7, 11) is -3.96. The molecule has 1 heterocycles. The number of rotatable bonds is 7. The molecule has 2 aromatic carbocycles. The van der Waals surface area contributed by atoms with Crippen molar-refractivity contribution >= 4 is 44.5 Å². The molecule has 0 spiro atoms. The Kier molecular flexibility index (Phi) is 6.94. The van der Waals surface area contributed by atoms with E-state index in [0.717, 1.165) is 23.7 Å². The molecule has 1 N–H and O–H groups in total. The Balaban J connectivity index is 1.76. The predicted molar refractivity (Wildman–Crippen MR) is 119 cm³/mol. The second kappa shape index (κ2) is 9.44. The molecule has 0 bridgehead atoms. The van der Waals surface area contributed by atoms with Gasteiger partial charge in [-0.3, -0.25) is 14.5 Å². The van der Waals surface area contributed by atoms with Gasteiger partial charge in [0.15, 0.2) is 5.17 Å². The van der Waals surface area contributed by atoms with E-state index in [0.29, 0.717) is 5.69 Å². The SMILES string of the molecule is CCc1ccc(S(=O)(=O)N=C2SC(CC(=O)Nc3ccccc3)C(=O)N2CC)cc1. The van der Waals surface area contributed by atoms with Gasteiger partial charge in [0.1, 0.15) is 5.25 Å². The highest BCUT2D eigenvalue weighted by Gasteiger charge is 2.39. The van der Waals surface area contributed by atoms with Gasteiger partial charge in [-0.25, -0.2) is 0 Å². The van der Waals surface area contributed by atoms with Crippen LogP contribution in [0.25, 0.3) is 0 Å². The van der Waals surface area contributed by atoms with Crippen LogP contribution in [0.15, 0.2) is 63.9 Å². The molecule has 1 fully saturated rings. The van der Waals surface area contributed by atoms with Crippen LogP contribution in [-0.4, -0.2) is 42.1 Å². The number of nitrogens with zero attached hydrogens (tertiary/aromatic N) is 2. The van der Waals surface area contributed by atoms with Gasteiger partial charge in [-0.05, 0) is 43.2 Å². The van der Waals surface area contributed by atoms with Crippen LogP contribution < -0.4 is 5.32 Å². The third-order valence-corrected chi connectivity index (χ3v) is 7.16. The first-order chi connectivity index (χ1) is 14.3. The van der Waals surface area contributed by atoms with Gasteiger partial charge in [0.05, 0.1) is 4.90 Å². The highest BCUT2D eigenvalue weighted by molar-refractivity contribution is 8.16. The minimum atomic E-state index is -3.96. The van der Waals surface area contributed by atoms with E-state index in [1.54, 1.807) is 43.3 Å². The quantitative estimate of drug-likeness (QED) is 0.706. The third-order valence-electron chi connectivity index (χ3n) is 4.59. The lowest BCUT2D eigenvalue weighted by Gasteiger charge is -2.13. The van der Waals surface area contributed by atoms with Crippen LogP contribution >= 0.6 is 11.8 Å². The molecule has 158 valence electrons. The number of para-hydroxylation sites is 1. The Bertz CT molecular complexity index is 1050. The molecule has 1 aliphatic heterocycles. The summed E-state index contributed by atoms with van der Waals surface area (Å²) in [5, 5.41) is 2.12. The van der Waals surface area contributed by atoms with Crippen LogP contribution in [0.4, 0.5) is 5.69 Å². The molecule has 1 saturated heterocycles. The van der Waals surface area contributed by atoms with Gasteiger partial charge in [0.25, 0.3) is 10.0 Å². The molecule has 1 aliphatic rings. The number of nitrogens with one attached hydrogen (secondary N) is 1. The van der Waals surface area contributed by atoms with E-state index in [4.69, 9.17) is 0 Å². The molecular formula is C21H23N3O4S2. The second-order valence-electron chi connectivity index (χ2n) is 6.65. The van der Waals surface area contributed by atoms with Crippen molar-refractivity contribution < 1.29 is 18.0 Å². The summed E-state index contributed by atoms with van der Waals surface area (Å²) in [4.78, 5) is 26.4. The van der Waals surface area contributed by atoms with Crippen molar-refractivity contribution in [1.29, 1.82) is 0 Å². The van der Waals surface area contributed by atoms with Crippen LogP contribution in [0.2, 0.25) is 0 Å². The maximum atomic E-state index is 12.7.